The van der Waals surface area contributed by atoms with Gasteiger partial charge in [-0.15, -0.1) is 0 Å². The largest absolute Gasteiger partial charge is 0.415 e. The zero-order chi connectivity index (χ0) is 13.1. The minimum absolute atomic E-state index is 0.149. The van der Waals surface area contributed by atoms with Crippen LogP contribution in [0.3, 0.4) is 0 Å². The van der Waals surface area contributed by atoms with Crippen LogP contribution in [0.15, 0.2) is 0 Å². The van der Waals surface area contributed by atoms with E-state index in [-0.39, 0.29) is 6.61 Å². The van der Waals surface area contributed by atoms with Crippen molar-refractivity contribution >= 4 is 5.91 Å². The van der Waals surface area contributed by atoms with Crippen LogP contribution in [-0.2, 0) is 9.53 Å². The van der Waals surface area contributed by atoms with Crippen LogP contribution >= 0.6 is 0 Å². The van der Waals surface area contributed by atoms with Crippen LogP contribution in [0.25, 0.3) is 0 Å². The van der Waals surface area contributed by atoms with E-state index in [1.54, 1.807) is 6.92 Å². The van der Waals surface area contributed by atoms with Crippen LogP contribution < -0.4 is 5.73 Å². The third kappa shape index (κ3) is 3.08. The number of likely N-dealkylation sites (N-methyl/N-ethyl adjacent to an activating group) is 1. The molecule has 7 heteroatoms. The molecule has 0 heterocycles. The van der Waals surface area contributed by atoms with Gasteiger partial charge in [-0.05, 0) is 13.8 Å². The Bertz CT molecular complexity index is 254. The van der Waals surface area contributed by atoms with Crippen LogP contribution in [0.4, 0.5) is 13.2 Å². The van der Waals surface area contributed by atoms with Crippen molar-refractivity contribution in [2.75, 3.05) is 20.8 Å². The number of nitrogens with two attached hydrogens (primary N) is 1. The van der Waals surface area contributed by atoms with E-state index in [0.29, 0.717) is 6.92 Å². The second-order valence-electron chi connectivity index (χ2n) is 3.92. The lowest BCUT2D eigenvalue weighted by Gasteiger charge is -2.33. The molecule has 0 aromatic carbocycles. The van der Waals surface area contributed by atoms with Gasteiger partial charge in [0.25, 0.3) is 5.91 Å². The molecule has 2 unspecified atom stereocenters. The summed E-state index contributed by atoms with van der Waals surface area (Å²) >= 11 is 0. The third-order valence-electron chi connectivity index (χ3n) is 2.42. The molecule has 16 heavy (non-hydrogen) atoms. The molecule has 0 aromatic rings. The summed E-state index contributed by atoms with van der Waals surface area (Å²) in [6, 6.07) is -0.470. The van der Waals surface area contributed by atoms with Crippen molar-refractivity contribution in [3.63, 3.8) is 0 Å². The lowest BCUT2D eigenvalue weighted by Crippen LogP contribution is -2.63. The summed E-state index contributed by atoms with van der Waals surface area (Å²) in [5.41, 5.74) is 2.14. The van der Waals surface area contributed by atoms with Crippen LogP contribution in [0.2, 0.25) is 0 Å². The van der Waals surface area contributed by atoms with Crippen LogP contribution in [-0.4, -0.2) is 49.3 Å². The molecule has 96 valence electrons. The normalized spacial score (nSPS) is 17.8. The van der Waals surface area contributed by atoms with Crippen molar-refractivity contribution in [3.05, 3.63) is 0 Å². The maximum Gasteiger partial charge on any atom is 0.415 e. The van der Waals surface area contributed by atoms with Crippen LogP contribution in [0.5, 0.6) is 0 Å². The molecule has 0 aliphatic carbocycles. The quantitative estimate of drug-likeness (QED) is 0.791. The minimum atomic E-state index is -4.77. The van der Waals surface area contributed by atoms with Gasteiger partial charge in [-0.25, -0.2) is 0 Å². The number of carbonyl (C=O) groups excluding carboxylic acids is 1. The van der Waals surface area contributed by atoms with Gasteiger partial charge in [-0.3, -0.25) is 4.79 Å². The summed E-state index contributed by atoms with van der Waals surface area (Å²) < 4.78 is 42.2. The number of alkyl halides is 3. The van der Waals surface area contributed by atoms with Crippen LogP contribution in [0, 0.1) is 0 Å². The monoisotopic (exact) mass is 242 g/mol. The Balaban J connectivity index is 4.80. The molecule has 0 rings (SSSR count). The van der Waals surface area contributed by atoms with Gasteiger partial charge in [-0.2, -0.15) is 13.2 Å². The Kier molecular flexibility index (Phi) is 4.75. The smallest absolute Gasteiger partial charge is 0.383 e. The Morgan fingerprint density at radius 3 is 2.25 bits per heavy atom. The highest BCUT2D eigenvalue weighted by Crippen LogP contribution is 2.29. The Hall–Kier alpha value is -0.820. The number of methoxy groups -OCH3 is 1. The van der Waals surface area contributed by atoms with Crippen molar-refractivity contribution < 1.29 is 22.7 Å². The maximum atomic E-state index is 12.5. The topological polar surface area (TPSA) is 55.6 Å². The molecule has 4 nitrogen and oxygen atoms in total. The second kappa shape index (κ2) is 5.01. The van der Waals surface area contributed by atoms with E-state index in [1.807, 2.05) is 0 Å². The third-order valence-corrected chi connectivity index (χ3v) is 2.42. The molecule has 0 aromatic heterocycles. The number of amides is 1. The molecule has 2 atom stereocenters. The standard InChI is InChI=1S/C9H17F3N2O2/c1-6(5-16-4)14(3)7(15)8(2,13)9(10,11)12/h6H,5,13H2,1-4H3. The van der Waals surface area contributed by atoms with Gasteiger partial charge < -0.3 is 15.4 Å². The molecule has 0 saturated carbocycles. The zero-order valence-corrected chi connectivity index (χ0v) is 9.76. The lowest BCUT2D eigenvalue weighted by molar-refractivity contribution is -0.194. The predicted molar refractivity (Wildman–Crippen MR) is 52.8 cm³/mol. The van der Waals surface area contributed by atoms with Gasteiger partial charge in [0.2, 0.25) is 0 Å². The van der Waals surface area contributed by atoms with Gasteiger partial charge >= 0.3 is 6.18 Å². The molecule has 0 spiro atoms. The van der Waals surface area contributed by atoms with Crippen molar-refractivity contribution in [2.24, 2.45) is 5.73 Å². The van der Waals surface area contributed by atoms with Crippen molar-refractivity contribution in [2.45, 2.75) is 31.6 Å². The SMILES string of the molecule is COCC(C)N(C)C(=O)C(C)(N)C(F)(F)F. The molecule has 0 bridgehead atoms. The number of ether oxygens (including phenoxy) is 1. The van der Waals surface area contributed by atoms with Crippen molar-refractivity contribution in [1.82, 2.24) is 4.90 Å². The minimum Gasteiger partial charge on any atom is -0.383 e. The highest BCUT2D eigenvalue weighted by molar-refractivity contribution is 5.86. The number of hydrogen-bond donors (Lipinski definition) is 1. The zero-order valence-electron chi connectivity index (χ0n) is 9.76. The van der Waals surface area contributed by atoms with E-state index in [0.717, 1.165) is 4.90 Å². The molecular formula is C9H17F3N2O2. The van der Waals surface area contributed by atoms with Crippen molar-refractivity contribution in [3.8, 4) is 0 Å². The first kappa shape index (κ1) is 15.2. The number of hydrogen-bond acceptors (Lipinski definition) is 3. The second-order valence-corrected chi connectivity index (χ2v) is 3.92. The number of halogens is 3. The first-order valence-corrected chi connectivity index (χ1v) is 4.67. The summed E-state index contributed by atoms with van der Waals surface area (Å²) in [5, 5.41) is 0. The average molecular weight is 242 g/mol. The maximum absolute atomic E-state index is 12.5. The fourth-order valence-corrected chi connectivity index (χ4v) is 1.04. The van der Waals surface area contributed by atoms with E-state index in [1.165, 1.54) is 14.2 Å². The number of carbonyl (C=O) groups is 1. The van der Waals surface area contributed by atoms with E-state index in [9.17, 15) is 18.0 Å². The summed E-state index contributed by atoms with van der Waals surface area (Å²) in [5.74, 6) is -1.18. The highest BCUT2D eigenvalue weighted by Gasteiger charge is 2.55. The fourth-order valence-electron chi connectivity index (χ4n) is 1.04. The Labute approximate surface area is 92.5 Å². The molecule has 2 N–H and O–H groups in total. The molecule has 0 aliphatic heterocycles. The van der Waals surface area contributed by atoms with Gasteiger partial charge in [0.05, 0.1) is 12.6 Å². The van der Waals surface area contributed by atoms with E-state index in [4.69, 9.17) is 10.5 Å². The predicted octanol–water partition coefficient (Wildman–Crippen LogP) is 0.759. The summed E-state index contributed by atoms with van der Waals surface area (Å²) in [7, 11) is 2.67. The average Bonchev–Trinajstić information content (AvgIpc) is 2.14. The van der Waals surface area contributed by atoms with Gasteiger partial charge in [0.1, 0.15) is 0 Å². The fraction of sp³-hybridized carbons (Fsp3) is 0.889. The molecule has 0 aliphatic rings. The first-order valence-electron chi connectivity index (χ1n) is 4.67. The van der Waals surface area contributed by atoms with Gasteiger partial charge in [0, 0.05) is 14.2 Å². The van der Waals surface area contributed by atoms with E-state index >= 15 is 0 Å². The summed E-state index contributed by atoms with van der Waals surface area (Å²) in [6.07, 6.45) is -4.77. The summed E-state index contributed by atoms with van der Waals surface area (Å²) in [6.45, 7) is 2.38. The molecule has 0 fully saturated rings. The Morgan fingerprint density at radius 1 is 1.50 bits per heavy atom. The summed E-state index contributed by atoms with van der Waals surface area (Å²) in [4.78, 5) is 12.5. The highest BCUT2D eigenvalue weighted by atomic mass is 19.4. The Morgan fingerprint density at radius 2 is 1.94 bits per heavy atom. The van der Waals surface area contributed by atoms with Gasteiger partial charge in [0.15, 0.2) is 5.54 Å². The number of nitrogens with zero attached hydrogens (tertiary/aromatic N) is 1. The van der Waals surface area contributed by atoms with Crippen molar-refractivity contribution in [1.29, 1.82) is 0 Å². The van der Waals surface area contributed by atoms with E-state index < -0.39 is 23.7 Å². The van der Waals surface area contributed by atoms with E-state index in [2.05, 4.69) is 0 Å². The molecule has 0 radical (unpaired) electrons. The van der Waals surface area contributed by atoms with Gasteiger partial charge in [-0.1, -0.05) is 0 Å². The first-order chi connectivity index (χ1) is 7.05. The molecule has 0 saturated heterocycles. The van der Waals surface area contributed by atoms with Crippen LogP contribution in [0.1, 0.15) is 13.8 Å². The lowest BCUT2D eigenvalue weighted by atomic mass is 10.0. The molecule has 1 amide bonds. The number of rotatable bonds is 4. The molecular weight excluding hydrogens is 225 g/mol.